The van der Waals surface area contributed by atoms with E-state index in [2.05, 4.69) is 55.2 Å². The van der Waals surface area contributed by atoms with E-state index < -0.39 is 0 Å². The molecule has 0 heterocycles. The summed E-state index contributed by atoms with van der Waals surface area (Å²) in [7, 11) is 0. The fourth-order valence-corrected chi connectivity index (χ4v) is 2.47. The lowest BCUT2D eigenvalue weighted by molar-refractivity contribution is 0.306. The molecule has 3 aromatic rings. The number of benzene rings is 3. The largest absolute Gasteiger partial charge is 0.489 e. The monoisotopic (exact) mass is 329 g/mol. The van der Waals surface area contributed by atoms with Crippen LogP contribution < -0.4 is 4.74 Å². The second kappa shape index (κ2) is 8.29. The Morgan fingerprint density at radius 1 is 0.800 bits per heavy atom. The molecule has 25 heavy (non-hydrogen) atoms. The minimum atomic E-state index is 0.581. The van der Waals surface area contributed by atoms with Gasteiger partial charge in [-0.1, -0.05) is 48.9 Å². The Kier molecular flexibility index (Phi) is 5.63. The second-order valence-electron chi connectivity index (χ2n) is 6.12. The Hall–Kier alpha value is -2.87. The molecular weight excluding hydrogens is 306 g/mol. The zero-order valence-electron chi connectivity index (χ0n) is 14.8. The molecular formula is C23H23NO. The fraction of sp³-hybridized carbons (Fsp3) is 0.174. The van der Waals surface area contributed by atoms with Gasteiger partial charge < -0.3 is 4.74 Å². The molecule has 2 heteroatoms. The Balaban J connectivity index is 1.57. The maximum absolute atomic E-state index is 5.83. The van der Waals surface area contributed by atoms with Crippen molar-refractivity contribution in [2.45, 2.75) is 26.9 Å². The summed E-state index contributed by atoms with van der Waals surface area (Å²) in [4.78, 5) is 4.52. The van der Waals surface area contributed by atoms with Crippen LogP contribution in [-0.4, -0.2) is 6.21 Å². The van der Waals surface area contributed by atoms with E-state index in [1.54, 1.807) is 0 Å². The molecule has 0 radical (unpaired) electrons. The topological polar surface area (TPSA) is 21.6 Å². The van der Waals surface area contributed by atoms with E-state index in [9.17, 15) is 0 Å². The number of rotatable bonds is 6. The van der Waals surface area contributed by atoms with Crippen LogP contribution in [0.4, 0.5) is 5.69 Å². The van der Waals surface area contributed by atoms with Gasteiger partial charge in [-0.2, -0.15) is 0 Å². The predicted molar refractivity (Wildman–Crippen MR) is 105 cm³/mol. The highest BCUT2D eigenvalue weighted by Crippen LogP contribution is 2.16. The molecule has 3 aromatic carbocycles. The molecule has 0 aliphatic carbocycles. The smallest absolute Gasteiger partial charge is 0.119 e. The van der Waals surface area contributed by atoms with E-state index in [-0.39, 0.29) is 0 Å². The Morgan fingerprint density at radius 2 is 1.44 bits per heavy atom. The third kappa shape index (κ3) is 5.05. The van der Waals surface area contributed by atoms with Crippen molar-refractivity contribution in [1.82, 2.24) is 0 Å². The summed E-state index contributed by atoms with van der Waals surface area (Å²) in [5, 5.41) is 0. The van der Waals surface area contributed by atoms with Crippen LogP contribution in [0.15, 0.2) is 77.8 Å². The predicted octanol–water partition coefficient (Wildman–Crippen LogP) is 5.89. The molecule has 0 fully saturated rings. The first-order valence-electron chi connectivity index (χ1n) is 8.64. The lowest BCUT2D eigenvalue weighted by Gasteiger charge is -2.06. The first-order valence-corrected chi connectivity index (χ1v) is 8.64. The number of aryl methyl sites for hydroxylation is 2. The van der Waals surface area contributed by atoms with E-state index in [1.165, 1.54) is 16.7 Å². The van der Waals surface area contributed by atoms with E-state index in [4.69, 9.17) is 4.74 Å². The Bertz CT molecular complexity index is 815. The maximum atomic E-state index is 5.83. The number of ether oxygens (including phenoxy) is 1. The molecule has 0 aliphatic heterocycles. The van der Waals surface area contributed by atoms with Gasteiger partial charge in [0.05, 0.1) is 5.69 Å². The molecule has 0 saturated heterocycles. The van der Waals surface area contributed by atoms with Crippen molar-refractivity contribution >= 4 is 11.9 Å². The third-order valence-electron chi connectivity index (χ3n) is 4.11. The average molecular weight is 329 g/mol. The Labute approximate surface area is 149 Å². The lowest BCUT2D eigenvalue weighted by Crippen LogP contribution is -1.95. The van der Waals surface area contributed by atoms with Crippen molar-refractivity contribution in [3.8, 4) is 5.75 Å². The number of nitrogens with zero attached hydrogens (tertiary/aromatic N) is 1. The fourth-order valence-electron chi connectivity index (χ4n) is 2.47. The summed E-state index contributed by atoms with van der Waals surface area (Å²) in [5.74, 6) is 0.866. The molecule has 0 saturated carbocycles. The summed E-state index contributed by atoms with van der Waals surface area (Å²) in [6.45, 7) is 4.82. The normalized spacial score (nSPS) is 11.0. The summed E-state index contributed by atoms with van der Waals surface area (Å²) in [6.07, 6.45) is 2.93. The summed E-state index contributed by atoms with van der Waals surface area (Å²) in [6, 6.07) is 24.7. The van der Waals surface area contributed by atoms with E-state index in [0.717, 1.165) is 23.4 Å². The average Bonchev–Trinajstić information content (AvgIpc) is 2.67. The van der Waals surface area contributed by atoms with E-state index >= 15 is 0 Å². The van der Waals surface area contributed by atoms with Gasteiger partial charge in [-0.3, -0.25) is 4.99 Å². The summed E-state index contributed by atoms with van der Waals surface area (Å²) in [5.41, 5.74) is 5.79. The molecule has 0 aliphatic rings. The molecule has 0 unspecified atom stereocenters. The molecule has 0 spiro atoms. The number of aliphatic imine (C=N–C) groups is 1. The zero-order chi connectivity index (χ0) is 17.5. The van der Waals surface area contributed by atoms with Crippen molar-refractivity contribution in [2.75, 3.05) is 0 Å². The standard InChI is InChI=1S/C23H23NO/c1-3-19-8-12-22(13-9-19)24-16-20-10-14-23(15-11-20)25-17-21-6-4-18(2)5-7-21/h4-16H,3,17H2,1-2H3. The van der Waals surface area contributed by atoms with Gasteiger partial charge in [0, 0.05) is 6.21 Å². The van der Waals surface area contributed by atoms with E-state index in [0.29, 0.717) is 6.61 Å². The van der Waals surface area contributed by atoms with Crippen LogP contribution in [-0.2, 0) is 13.0 Å². The molecule has 0 amide bonds. The van der Waals surface area contributed by atoms with Gasteiger partial charge in [-0.15, -0.1) is 0 Å². The van der Waals surface area contributed by atoms with Crippen molar-refractivity contribution in [1.29, 1.82) is 0 Å². The molecule has 3 rings (SSSR count). The summed E-state index contributed by atoms with van der Waals surface area (Å²) >= 11 is 0. The van der Waals surface area contributed by atoms with Crippen LogP contribution in [0.5, 0.6) is 5.75 Å². The third-order valence-corrected chi connectivity index (χ3v) is 4.11. The summed E-state index contributed by atoms with van der Waals surface area (Å²) < 4.78 is 5.83. The van der Waals surface area contributed by atoms with Crippen molar-refractivity contribution in [3.05, 3.63) is 95.1 Å². The molecule has 0 bridgehead atoms. The quantitative estimate of drug-likeness (QED) is 0.517. The highest BCUT2D eigenvalue weighted by molar-refractivity contribution is 5.82. The highest BCUT2D eigenvalue weighted by Gasteiger charge is 1.97. The van der Waals surface area contributed by atoms with Gasteiger partial charge in [0.2, 0.25) is 0 Å². The van der Waals surface area contributed by atoms with Gasteiger partial charge in [0.25, 0.3) is 0 Å². The molecule has 2 nitrogen and oxygen atoms in total. The lowest BCUT2D eigenvalue weighted by atomic mass is 10.1. The van der Waals surface area contributed by atoms with Gasteiger partial charge in [-0.05, 0) is 66.4 Å². The maximum Gasteiger partial charge on any atom is 0.119 e. The van der Waals surface area contributed by atoms with Crippen LogP contribution in [0.3, 0.4) is 0 Å². The van der Waals surface area contributed by atoms with Crippen LogP contribution in [0.2, 0.25) is 0 Å². The van der Waals surface area contributed by atoms with Gasteiger partial charge >= 0.3 is 0 Å². The minimum absolute atomic E-state index is 0.581. The van der Waals surface area contributed by atoms with Gasteiger partial charge in [0.15, 0.2) is 0 Å². The first-order chi connectivity index (χ1) is 12.2. The van der Waals surface area contributed by atoms with Gasteiger partial charge in [0.1, 0.15) is 12.4 Å². The van der Waals surface area contributed by atoms with E-state index in [1.807, 2.05) is 42.6 Å². The number of hydrogen-bond acceptors (Lipinski definition) is 2. The SMILES string of the molecule is CCc1ccc(N=Cc2ccc(OCc3ccc(C)cc3)cc2)cc1. The van der Waals surface area contributed by atoms with Crippen molar-refractivity contribution < 1.29 is 4.74 Å². The van der Waals surface area contributed by atoms with Crippen LogP contribution >= 0.6 is 0 Å². The second-order valence-corrected chi connectivity index (χ2v) is 6.12. The van der Waals surface area contributed by atoms with Crippen LogP contribution in [0, 0.1) is 6.92 Å². The molecule has 126 valence electrons. The van der Waals surface area contributed by atoms with Crippen LogP contribution in [0.25, 0.3) is 0 Å². The zero-order valence-corrected chi connectivity index (χ0v) is 14.8. The van der Waals surface area contributed by atoms with Crippen molar-refractivity contribution in [3.63, 3.8) is 0 Å². The minimum Gasteiger partial charge on any atom is -0.489 e. The highest BCUT2D eigenvalue weighted by atomic mass is 16.5. The molecule has 0 N–H and O–H groups in total. The first kappa shape index (κ1) is 17.0. The Morgan fingerprint density at radius 3 is 2.08 bits per heavy atom. The molecule has 0 aromatic heterocycles. The van der Waals surface area contributed by atoms with Gasteiger partial charge in [-0.25, -0.2) is 0 Å². The van der Waals surface area contributed by atoms with Crippen LogP contribution in [0.1, 0.15) is 29.2 Å². The van der Waals surface area contributed by atoms with Crippen molar-refractivity contribution in [2.24, 2.45) is 4.99 Å². The number of hydrogen-bond donors (Lipinski definition) is 0. The molecule has 0 atom stereocenters.